The monoisotopic (exact) mass is 815 g/mol. The molecule has 300 valence electrons. The average molecular weight is 816 g/mol. The zero-order valence-corrected chi connectivity index (χ0v) is 38.9. The summed E-state index contributed by atoms with van der Waals surface area (Å²) in [6.45, 7) is 16.6. The Balaban J connectivity index is -0.000000719. The summed E-state index contributed by atoms with van der Waals surface area (Å²) in [4.78, 5) is 10.9. The van der Waals surface area contributed by atoms with Crippen molar-refractivity contribution in [2.75, 3.05) is 5.73 Å². The van der Waals surface area contributed by atoms with Gasteiger partial charge in [0.15, 0.2) is 4.98 Å². The third-order valence-corrected chi connectivity index (χ3v) is 7.73. The number of nitrogens with zero attached hydrogens (tertiary/aromatic N) is 5. The normalized spacial score (nSPS) is 9.71. The van der Waals surface area contributed by atoms with E-state index in [2.05, 4.69) is 42.9 Å². The van der Waals surface area contributed by atoms with Crippen molar-refractivity contribution in [3.05, 3.63) is 140 Å². The van der Waals surface area contributed by atoms with Crippen molar-refractivity contribution in [2.24, 2.45) is 15.6 Å². The quantitative estimate of drug-likeness (QED) is 0.0211. The fourth-order valence-corrected chi connectivity index (χ4v) is 4.74. The molecule has 0 aliphatic rings. The number of para-hydroxylation sites is 1. The molecule has 5 aromatic carbocycles. The average Bonchev–Trinajstić information content (AvgIpc) is 3.14. The Kier molecular flexibility index (Phi) is 30.2. The summed E-state index contributed by atoms with van der Waals surface area (Å²) in [5.74, 6) is 2.65. The standard InChI is InChI=1S/C18H22N2O2.C12H18O.C6H4N2O.C6H7NO.HNO2.2Na.H2O/c1-11(2)16-9-14(10-17(12(3)4)18(16)22)20-19-13-5-7-15(21)8-6-13;1-8(2)10-6-5-7-11(9(3)4)12(10)13;7-8-5-1-3-6(9)4-2-5;7-5-1-3-6(8)4-2-5;2-1-3;;;/h5-12,21-22H,1-4H3;5-9,13H,1-4H3;1-4H;1-4,8H,7H2;(H,2,3);;;1H2/q;;;;;2*+1;/p-1. The number of benzene rings is 5. The number of aromatic hydroxyl groups is 5. The molecular formula is C42H53N6Na2O8+. The van der Waals surface area contributed by atoms with Crippen LogP contribution in [-0.2, 0) is 0 Å². The van der Waals surface area contributed by atoms with E-state index in [4.69, 9.17) is 31.5 Å². The van der Waals surface area contributed by atoms with Crippen LogP contribution in [0, 0.1) is 15.5 Å². The minimum Gasteiger partial charge on any atom is -0.870 e. The number of hydrogen-bond acceptors (Lipinski definition) is 13. The van der Waals surface area contributed by atoms with Crippen molar-refractivity contribution in [2.45, 2.75) is 79.1 Å². The maximum Gasteiger partial charge on any atom is 1.00 e. The summed E-state index contributed by atoms with van der Waals surface area (Å²) >= 11 is 0. The Labute approximate surface area is 385 Å². The molecule has 0 saturated heterocycles. The van der Waals surface area contributed by atoms with E-state index in [1.165, 1.54) is 24.3 Å². The van der Waals surface area contributed by atoms with E-state index in [9.17, 15) is 15.3 Å². The summed E-state index contributed by atoms with van der Waals surface area (Å²) in [5, 5.41) is 72.6. The maximum atomic E-state index is 10.4. The molecule has 16 heteroatoms. The molecule has 5 rings (SSSR count). The van der Waals surface area contributed by atoms with Crippen LogP contribution in [-0.4, -0.2) is 31.0 Å². The number of nitrogens with two attached hydrogens (primary N) is 1. The van der Waals surface area contributed by atoms with Gasteiger partial charge in [0.1, 0.15) is 28.7 Å². The van der Waals surface area contributed by atoms with E-state index in [1.807, 2.05) is 58.0 Å². The molecule has 0 aromatic heterocycles. The number of azo groups is 1. The van der Waals surface area contributed by atoms with E-state index in [1.54, 1.807) is 48.5 Å². The predicted octanol–water partition coefficient (Wildman–Crippen LogP) is 6.33. The Morgan fingerprint density at radius 2 is 0.862 bits per heavy atom. The number of hydrogen-bond donors (Lipinski definition) is 6. The van der Waals surface area contributed by atoms with E-state index < -0.39 is 0 Å². The molecule has 0 heterocycles. The molecule has 0 spiro atoms. The van der Waals surface area contributed by atoms with Gasteiger partial charge in [-0.2, -0.15) is 10.2 Å². The third kappa shape index (κ3) is 21.2. The fourth-order valence-electron chi connectivity index (χ4n) is 4.74. The summed E-state index contributed by atoms with van der Waals surface area (Å²) in [5.41, 5.74) is 11.7. The minimum atomic E-state index is 0. The second-order valence-electron chi connectivity index (χ2n) is 13.4. The zero-order valence-electron chi connectivity index (χ0n) is 34.9. The molecule has 0 aliphatic heterocycles. The number of diazo groups is 1. The van der Waals surface area contributed by atoms with Crippen LogP contribution in [0.5, 0.6) is 28.7 Å². The van der Waals surface area contributed by atoms with Crippen LogP contribution in [0.25, 0.3) is 4.98 Å². The molecule has 0 aliphatic carbocycles. The van der Waals surface area contributed by atoms with Crippen molar-refractivity contribution < 1.29 is 90.1 Å². The van der Waals surface area contributed by atoms with Crippen molar-refractivity contribution in [3.8, 4) is 28.7 Å². The molecule has 0 atom stereocenters. The summed E-state index contributed by atoms with van der Waals surface area (Å²) in [6.07, 6.45) is 0. The van der Waals surface area contributed by atoms with Gasteiger partial charge in [-0.1, -0.05) is 73.6 Å². The van der Waals surface area contributed by atoms with Crippen LogP contribution in [0.2, 0.25) is 0 Å². The van der Waals surface area contributed by atoms with Crippen LogP contribution in [0.3, 0.4) is 0 Å². The first-order chi connectivity index (χ1) is 25.9. The molecule has 0 fully saturated rings. The van der Waals surface area contributed by atoms with Gasteiger partial charge in [-0.25, -0.2) is 0 Å². The third-order valence-electron chi connectivity index (χ3n) is 7.73. The van der Waals surface area contributed by atoms with Gasteiger partial charge in [-0.05, 0) is 119 Å². The Morgan fingerprint density at radius 1 is 0.552 bits per heavy atom. The molecule has 14 nitrogen and oxygen atoms in total. The maximum absolute atomic E-state index is 10.4. The van der Waals surface area contributed by atoms with E-state index in [0.717, 1.165) is 33.3 Å². The van der Waals surface area contributed by atoms with Gasteiger partial charge in [0.05, 0.1) is 11.4 Å². The van der Waals surface area contributed by atoms with Crippen LogP contribution in [0.1, 0.15) is 101 Å². The molecule has 0 bridgehead atoms. The summed E-state index contributed by atoms with van der Waals surface area (Å²) < 4.78 is 0. The summed E-state index contributed by atoms with van der Waals surface area (Å²) in [6, 6.07) is 28.6. The first-order valence-electron chi connectivity index (χ1n) is 17.5. The van der Waals surface area contributed by atoms with Gasteiger partial charge in [0.25, 0.3) is 0 Å². The molecule has 0 radical (unpaired) electrons. The predicted molar refractivity (Wildman–Crippen MR) is 221 cm³/mol. The summed E-state index contributed by atoms with van der Waals surface area (Å²) in [7, 11) is 0. The minimum absolute atomic E-state index is 0. The van der Waals surface area contributed by atoms with Gasteiger partial charge in [0.2, 0.25) is 5.39 Å². The first kappa shape index (κ1) is 57.6. The van der Waals surface area contributed by atoms with Gasteiger partial charge < -0.3 is 46.9 Å². The first-order valence-corrected chi connectivity index (χ1v) is 17.5. The molecule has 0 saturated carbocycles. The molecule has 5 aromatic rings. The van der Waals surface area contributed by atoms with Crippen LogP contribution in [0.15, 0.2) is 119 Å². The fraction of sp³-hybridized carbons (Fsp3) is 0.286. The Hall–Kier alpha value is -4.72. The second-order valence-corrected chi connectivity index (χ2v) is 13.4. The number of nitrogen functional groups attached to an aromatic ring is 1. The Bertz CT molecular complexity index is 1890. The SMILES string of the molecule is CC(C)c1cc(N=Nc2ccc(O)cc2)cc(C(C)C)c1O.CC(C)c1cccc(C(C)C)c1O.N#[N+]c1ccc(O)cc1.Nc1ccc(O)cc1.O=N[O-].[Na+].[Na+].[OH-]. The second kappa shape index (κ2) is 30.4. The van der Waals surface area contributed by atoms with E-state index in [-0.39, 0.29) is 93.7 Å². The zero-order chi connectivity index (χ0) is 41.7. The van der Waals surface area contributed by atoms with Gasteiger partial charge >= 0.3 is 64.8 Å². The van der Waals surface area contributed by atoms with Crippen molar-refractivity contribution >= 4 is 22.7 Å². The Morgan fingerprint density at radius 3 is 1.19 bits per heavy atom. The number of phenols is 5. The van der Waals surface area contributed by atoms with Crippen LogP contribution < -0.4 is 64.8 Å². The molecular weight excluding hydrogens is 762 g/mol. The molecule has 0 amide bonds. The largest absolute Gasteiger partial charge is 1.00 e. The number of anilines is 1. The van der Waals surface area contributed by atoms with Crippen molar-refractivity contribution in [3.63, 3.8) is 0 Å². The van der Waals surface area contributed by atoms with E-state index in [0.29, 0.717) is 40.4 Å². The molecule has 0 unspecified atom stereocenters. The van der Waals surface area contributed by atoms with Gasteiger partial charge in [-0.3, -0.25) is 0 Å². The van der Waals surface area contributed by atoms with Crippen molar-refractivity contribution in [1.82, 2.24) is 0 Å². The van der Waals surface area contributed by atoms with E-state index >= 15 is 0 Å². The molecule has 8 N–H and O–H groups in total. The van der Waals surface area contributed by atoms with Crippen LogP contribution in [0.4, 0.5) is 22.7 Å². The smallest absolute Gasteiger partial charge is 0.870 e. The molecule has 58 heavy (non-hydrogen) atoms. The van der Waals surface area contributed by atoms with Crippen molar-refractivity contribution in [1.29, 1.82) is 5.39 Å². The van der Waals surface area contributed by atoms with Gasteiger partial charge in [-0.15, -0.1) is 5.34 Å². The number of phenolic OH excluding ortho intramolecular Hbond substituents is 5. The number of rotatable bonds is 6. The van der Waals surface area contributed by atoms with Crippen LogP contribution >= 0.6 is 0 Å². The topological polar surface area (TPSA) is 263 Å². The van der Waals surface area contributed by atoms with Gasteiger partial charge in [0, 0.05) is 17.8 Å².